The van der Waals surface area contributed by atoms with Gasteiger partial charge in [0.05, 0.1) is 17.2 Å². The van der Waals surface area contributed by atoms with Gasteiger partial charge in [0, 0.05) is 18.1 Å². The second-order valence-electron chi connectivity index (χ2n) is 8.87. The van der Waals surface area contributed by atoms with Crippen molar-refractivity contribution in [3.05, 3.63) is 65.0 Å². The topological polar surface area (TPSA) is 84.2 Å². The number of fused-ring (bicyclic) bond motifs is 1. The fourth-order valence-corrected chi connectivity index (χ4v) is 3.59. The van der Waals surface area contributed by atoms with E-state index in [1.54, 1.807) is 6.92 Å². The molecule has 0 aliphatic rings. The number of pyridine rings is 1. The minimum atomic E-state index is -4.76. The Bertz CT molecular complexity index is 1160. The van der Waals surface area contributed by atoms with Crippen LogP contribution < -0.4 is 5.32 Å². The summed E-state index contributed by atoms with van der Waals surface area (Å²) in [6, 6.07) is 7.86. The number of halogens is 3. The maximum atomic E-state index is 14.1. The molecule has 0 spiro atoms. The van der Waals surface area contributed by atoms with Crippen molar-refractivity contribution in [1.82, 2.24) is 14.9 Å². The molecule has 1 atom stereocenters. The lowest BCUT2D eigenvalue weighted by Gasteiger charge is -2.23. The van der Waals surface area contributed by atoms with Gasteiger partial charge in [-0.05, 0) is 42.2 Å². The number of carbonyl (C=O) groups is 2. The molecule has 1 amide bonds. The Kier molecular flexibility index (Phi) is 6.04. The number of hydrogen-bond donors (Lipinski definition) is 2. The van der Waals surface area contributed by atoms with Crippen LogP contribution in [-0.4, -0.2) is 26.5 Å². The number of alkyl halides is 3. The third kappa shape index (κ3) is 4.76. The molecule has 0 saturated carbocycles. The number of hydrogen-bond acceptors (Lipinski definition) is 3. The number of aromatic carboxylic acids is 1. The fraction of sp³-hybridized carbons (Fsp3) is 0.348. The SMILES string of the molecule is CC(NC(=O)c1c(C(F)(F)F)c2cccnc2n1CC(C)(C)C)c1ccc(C(=O)O)cc1. The molecule has 0 bridgehead atoms. The van der Waals surface area contributed by atoms with Crippen LogP contribution in [0.15, 0.2) is 42.6 Å². The van der Waals surface area contributed by atoms with Crippen molar-refractivity contribution in [3.8, 4) is 0 Å². The Labute approximate surface area is 183 Å². The van der Waals surface area contributed by atoms with Crippen molar-refractivity contribution in [3.63, 3.8) is 0 Å². The first-order chi connectivity index (χ1) is 14.8. The molecule has 3 aromatic rings. The van der Waals surface area contributed by atoms with Gasteiger partial charge >= 0.3 is 12.1 Å². The highest BCUT2D eigenvalue weighted by Crippen LogP contribution is 2.40. The van der Waals surface area contributed by atoms with Crippen LogP contribution in [0.5, 0.6) is 0 Å². The predicted molar refractivity (Wildman–Crippen MR) is 113 cm³/mol. The summed E-state index contributed by atoms with van der Waals surface area (Å²) >= 11 is 0. The highest BCUT2D eigenvalue weighted by molar-refractivity contribution is 6.01. The standard InChI is InChI=1S/C23H24F3N3O3/c1-13(14-7-9-15(10-8-14)21(31)32)28-20(30)18-17(23(24,25)26)16-6-5-11-27-19(16)29(18)12-22(2,3)4/h5-11,13H,12H2,1-4H3,(H,28,30)(H,31,32). The molecule has 0 aliphatic carbocycles. The number of carboxylic acid groups (broad SMARTS) is 1. The molecule has 170 valence electrons. The number of nitrogens with zero attached hydrogens (tertiary/aromatic N) is 2. The molecule has 0 saturated heterocycles. The number of aromatic nitrogens is 2. The molecule has 6 nitrogen and oxygen atoms in total. The van der Waals surface area contributed by atoms with Crippen molar-refractivity contribution < 1.29 is 27.9 Å². The third-order valence-electron chi connectivity index (χ3n) is 4.95. The molecule has 0 radical (unpaired) electrons. The summed E-state index contributed by atoms with van der Waals surface area (Å²) in [5, 5.41) is 11.5. The lowest BCUT2D eigenvalue weighted by atomic mass is 9.96. The van der Waals surface area contributed by atoms with E-state index in [-0.39, 0.29) is 23.1 Å². The van der Waals surface area contributed by atoms with Crippen LogP contribution in [-0.2, 0) is 12.7 Å². The molecule has 0 fully saturated rings. The number of amides is 1. The van der Waals surface area contributed by atoms with Crippen LogP contribution in [0.1, 0.15) is 65.7 Å². The average Bonchev–Trinajstić information content (AvgIpc) is 3.01. The molecular formula is C23H24F3N3O3. The molecular weight excluding hydrogens is 423 g/mol. The van der Waals surface area contributed by atoms with Gasteiger partial charge in [0.15, 0.2) is 0 Å². The van der Waals surface area contributed by atoms with Crippen LogP contribution in [0, 0.1) is 5.41 Å². The summed E-state index contributed by atoms with van der Waals surface area (Å²) in [6.45, 7) is 7.37. The average molecular weight is 447 g/mol. The molecule has 2 aromatic heterocycles. The minimum Gasteiger partial charge on any atom is -0.478 e. The first kappa shape index (κ1) is 23.3. The van der Waals surface area contributed by atoms with Gasteiger partial charge in [-0.1, -0.05) is 32.9 Å². The lowest BCUT2D eigenvalue weighted by Crippen LogP contribution is -2.32. The van der Waals surface area contributed by atoms with Gasteiger partial charge in [0.2, 0.25) is 0 Å². The van der Waals surface area contributed by atoms with E-state index >= 15 is 0 Å². The number of nitrogens with one attached hydrogen (secondary N) is 1. The molecule has 1 unspecified atom stereocenters. The van der Waals surface area contributed by atoms with Gasteiger partial charge in [-0.3, -0.25) is 4.79 Å². The summed E-state index contributed by atoms with van der Waals surface area (Å²) in [6.07, 6.45) is -3.36. The zero-order valence-corrected chi connectivity index (χ0v) is 18.1. The summed E-state index contributed by atoms with van der Waals surface area (Å²) in [5.41, 5.74) is -1.19. The number of carboxylic acids is 1. The van der Waals surface area contributed by atoms with E-state index in [1.807, 2.05) is 20.8 Å². The largest absolute Gasteiger partial charge is 0.478 e. The zero-order chi connectivity index (χ0) is 23.8. The van der Waals surface area contributed by atoms with E-state index in [0.717, 1.165) is 0 Å². The maximum absolute atomic E-state index is 14.1. The predicted octanol–water partition coefficient (Wildman–Crippen LogP) is 5.29. The first-order valence-electron chi connectivity index (χ1n) is 9.98. The number of benzene rings is 1. The van der Waals surface area contributed by atoms with Gasteiger partial charge in [-0.2, -0.15) is 13.2 Å². The van der Waals surface area contributed by atoms with Crippen LogP contribution in [0.3, 0.4) is 0 Å². The second kappa shape index (κ2) is 8.29. The summed E-state index contributed by atoms with van der Waals surface area (Å²) in [4.78, 5) is 28.4. The zero-order valence-electron chi connectivity index (χ0n) is 18.1. The Morgan fingerprint density at radius 1 is 1.12 bits per heavy atom. The monoisotopic (exact) mass is 447 g/mol. The van der Waals surface area contributed by atoms with Gasteiger partial charge in [-0.25, -0.2) is 9.78 Å². The molecule has 2 N–H and O–H groups in total. The van der Waals surface area contributed by atoms with Gasteiger partial charge < -0.3 is 15.0 Å². The molecule has 9 heteroatoms. The molecule has 1 aromatic carbocycles. The van der Waals surface area contributed by atoms with Gasteiger partial charge in [0.25, 0.3) is 5.91 Å². The Morgan fingerprint density at radius 3 is 2.28 bits per heavy atom. The second-order valence-corrected chi connectivity index (χ2v) is 8.87. The van der Waals surface area contributed by atoms with Crippen LogP contribution in [0.4, 0.5) is 13.2 Å². The van der Waals surface area contributed by atoms with Crippen LogP contribution in [0.25, 0.3) is 11.0 Å². The Hall–Kier alpha value is -3.36. The molecule has 0 aliphatic heterocycles. The quantitative estimate of drug-likeness (QED) is 0.557. The normalized spacial score (nSPS) is 13.2. The van der Waals surface area contributed by atoms with E-state index < -0.39 is 40.8 Å². The Balaban J connectivity index is 2.08. The van der Waals surface area contributed by atoms with Crippen LogP contribution >= 0.6 is 0 Å². The summed E-state index contributed by atoms with van der Waals surface area (Å²) < 4.78 is 43.6. The lowest BCUT2D eigenvalue weighted by molar-refractivity contribution is -0.136. The highest BCUT2D eigenvalue weighted by Gasteiger charge is 2.41. The number of carbonyl (C=O) groups excluding carboxylic acids is 1. The van der Waals surface area contributed by atoms with E-state index in [4.69, 9.17) is 5.11 Å². The highest BCUT2D eigenvalue weighted by atomic mass is 19.4. The van der Waals surface area contributed by atoms with Crippen molar-refractivity contribution in [2.24, 2.45) is 5.41 Å². The van der Waals surface area contributed by atoms with E-state index in [0.29, 0.717) is 5.56 Å². The number of rotatable bonds is 5. The van der Waals surface area contributed by atoms with Crippen LogP contribution in [0.2, 0.25) is 0 Å². The summed E-state index contributed by atoms with van der Waals surface area (Å²) in [7, 11) is 0. The van der Waals surface area contributed by atoms with E-state index in [2.05, 4.69) is 10.3 Å². The fourth-order valence-electron chi connectivity index (χ4n) is 3.59. The summed E-state index contributed by atoms with van der Waals surface area (Å²) in [5.74, 6) is -1.98. The Morgan fingerprint density at radius 2 is 1.75 bits per heavy atom. The van der Waals surface area contributed by atoms with Gasteiger partial charge in [0.1, 0.15) is 11.3 Å². The van der Waals surface area contributed by atoms with Crippen molar-refractivity contribution >= 4 is 22.9 Å². The smallest absolute Gasteiger partial charge is 0.419 e. The molecule has 3 rings (SSSR count). The molecule has 32 heavy (non-hydrogen) atoms. The van der Waals surface area contributed by atoms with Gasteiger partial charge in [-0.15, -0.1) is 0 Å². The minimum absolute atomic E-state index is 0.0722. The third-order valence-corrected chi connectivity index (χ3v) is 4.95. The first-order valence-corrected chi connectivity index (χ1v) is 9.98. The van der Waals surface area contributed by atoms with Crippen molar-refractivity contribution in [1.29, 1.82) is 0 Å². The van der Waals surface area contributed by atoms with Crippen molar-refractivity contribution in [2.45, 2.75) is 46.5 Å². The van der Waals surface area contributed by atoms with Crippen molar-refractivity contribution in [2.75, 3.05) is 0 Å². The maximum Gasteiger partial charge on any atom is 0.419 e. The molecule has 2 heterocycles. The van der Waals surface area contributed by atoms with E-state index in [1.165, 1.54) is 47.2 Å². The van der Waals surface area contributed by atoms with E-state index in [9.17, 15) is 22.8 Å².